The number of fused-ring (bicyclic) bond motifs is 1. The molecule has 0 unspecified atom stereocenters. The summed E-state index contributed by atoms with van der Waals surface area (Å²) in [5.74, 6) is 1.71. The van der Waals surface area contributed by atoms with Crippen LogP contribution in [0.4, 0.5) is 11.6 Å². The summed E-state index contributed by atoms with van der Waals surface area (Å²) in [4.78, 5) is 28.2. The van der Waals surface area contributed by atoms with Crippen LogP contribution in [0.3, 0.4) is 0 Å². The number of carbonyl (C=O) groups excluding carboxylic acids is 1. The summed E-state index contributed by atoms with van der Waals surface area (Å²) in [6, 6.07) is 13.0. The number of imidazole rings is 1. The van der Waals surface area contributed by atoms with Gasteiger partial charge >= 0.3 is 0 Å². The average molecular weight is 413 g/mol. The highest BCUT2D eigenvalue weighted by atomic mass is 16.1. The Morgan fingerprint density at radius 2 is 1.97 bits per heavy atom. The zero-order chi connectivity index (χ0) is 21.4. The van der Waals surface area contributed by atoms with E-state index in [-0.39, 0.29) is 11.9 Å². The van der Waals surface area contributed by atoms with Gasteiger partial charge in [0.15, 0.2) is 0 Å². The molecule has 1 aromatic carbocycles. The number of rotatable bonds is 4. The Labute approximate surface area is 179 Å². The lowest BCUT2D eigenvalue weighted by atomic mass is 10.1. The monoisotopic (exact) mass is 413 g/mol. The number of hydrogen-bond acceptors (Lipinski definition) is 6. The molecule has 0 radical (unpaired) electrons. The fourth-order valence-electron chi connectivity index (χ4n) is 4.16. The number of aromatic nitrogens is 4. The van der Waals surface area contributed by atoms with Gasteiger partial charge in [-0.05, 0) is 50.7 Å². The first-order chi connectivity index (χ1) is 15.1. The van der Waals surface area contributed by atoms with Gasteiger partial charge in [0.1, 0.15) is 28.7 Å². The number of carbonyl (C=O) groups is 1. The second kappa shape index (κ2) is 7.81. The number of anilines is 2. The summed E-state index contributed by atoms with van der Waals surface area (Å²) < 4.78 is 2.05. The van der Waals surface area contributed by atoms with Crippen LogP contribution in [0.15, 0.2) is 61.1 Å². The molecular formula is C23H23N7O. The summed E-state index contributed by atoms with van der Waals surface area (Å²) in [7, 11) is 2.12. The quantitative estimate of drug-likeness (QED) is 0.532. The lowest BCUT2D eigenvalue weighted by Crippen LogP contribution is -2.19. The number of hydrogen-bond donors (Lipinski definition) is 2. The number of nitrogens with two attached hydrogens (primary N) is 1. The number of amides is 1. The van der Waals surface area contributed by atoms with E-state index in [0.717, 1.165) is 42.0 Å². The van der Waals surface area contributed by atoms with E-state index in [0.29, 0.717) is 17.2 Å². The summed E-state index contributed by atoms with van der Waals surface area (Å²) in [6.07, 6.45) is 7.46. The Balaban J connectivity index is 1.50. The summed E-state index contributed by atoms with van der Waals surface area (Å²) in [5.41, 5.74) is 9.25. The first-order valence-electron chi connectivity index (χ1n) is 10.3. The molecule has 31 heavy (non-hydrogen) atoms. The predicted octanol–water partition coefficient (Wildman–Crippen LogP) is 3.39. The Morgan fingerprint density at radius 1 is 1.13 bits per heavy atom. The van der Waals surface area contributed by atoms with Crippen LogP contribution in [0.5, 0.6) is 0 Å². The van der Waals surface area contributed by atoms with Gasteiger partial charge in [-0.15, -0.1) is 0 Å². The Hall–Kier alpha value is -3.78. The molecular weight excluding hydrogens is 390 g/mol. The van der Waals surface area contributed by atoms with E-state index in [4.69, 9.17) is 10.7 Å². The van der Waals surface area contributed by atoms with Crippen LogP contribution >= 0.6 is 0 Å². The molecule has 3 aromatic heterocycles. The molecule has 1 atom stereocenters. The Kier molecular flexibility index (Phi) is 4.83. The summed E-state index contributed by atoms with van der Waals surface area (Å²) in [6.45, 7) is 1.05. The smallest absolute Gasteiger partial charge is 0.256 e. The van der Waals surface area contributed by atoms with E-state index in [1.54, 1.807) is 36.7 Å². The van der Waals surface area contributed by atoms with Crippen molar-refractivity contribution in [2.45, 2.75) is 18.9 Å². The third-order valence-corrected chi connectivity index (χ3v) is 5.76. The minimum Gasteiger partial charge on any atom is -0.382 e. The molecule has 1 aliphatic heterocycles. The van der Waals surface area contributed by atoms with Crippen molar-refractivity contribution in [1.29, 1.82) is 0 Å². The van der Waals surface area contributed by atoms with E-state index in [1.807, 2.05) is 28.8 Å². The van der Waals surface area contributed by atoms with Gasteiger partial charge in [0.25, 0.3) is 5.91 Å². The number of likely N-dealkylation sites (tertiary alicyclic amines) is 1. The maximum Gasteiger partial charge on any atom is 0.256 e. The minimum atomic E-state index is -0.214. The number of nitrogens with one attached hydrogen (secondary N) is 1. The maximum absolute atomic E-state index is 12.5. The largest absolute Gasteiger partial charge is 0.382 e. The van der Waals surface area contributed by atoms with E-state index in [9.17, 15) is 4.79 Å². The summed E-state index contributed by atoms with van der Waals surface area (Å²) in [5, 5.41) is 2.80. The molecule has 1 fully saturated rings. The van der Waals surface area contributed by atoms with Crippen molar-refractivity contribution in [3.8, 4) is 11.3 Å². The second-order valence-corrected chi connectivity index (χ2v) is 7.73. The molecule has 1 aliphatic rings. The second-order valence-electron chi connectivity index (χ2n) is 7.73. The first-order valence-corrected chi connectivity index (χ1v) is 10.3. The molecule has 1 saturated heterocycles. The van der Waals surface area contributed by atoms with Gasteiger partial charge in [0, 0.05) is 29.7 Å². The Bertz CT molecular complexity index is 1230. The van der Waals surface area contributed by atoms with Crippen molar-refractivity contribution < 1.29 is 4.79 Å². The highest BCUT2D eigenvalue weighted by molar-refractivity contribution is 6.04. The standard InChI is InChI=1S/C23H23N7O/c1-29-13-4-5-17(29)22-28-19(20-21(24)26-12-14-30(20)22)15-7-9-16(10-8-15)23(31)27-18-6-2-3-11-25-18/h2-3,6-12,14,17H,4-5,13H2,1H3,(H2,24,26)(H,25,27,31)/t17-/m0/s1. The molecule has 4 aromatic rings. The molecule has 8 nitrogen and oxygen atoms in total. The predicted molar refractivity (Wildman–Crippen MR) is 120 cm³/mol. The summed E-state index contributed by atoms with van der Waals surface area (Å²) >= 11 is 0. The molecule has 8 heteroatoms. The fraction of sp³-hybridized carbons (Fsp3) is 0.217. The highest BCUT2D eigenvalue weighted by Gasteiger charge is 2.28. The lowest BCUT2D eigenvalue weighted by Gasteiger charge is -2.18. The third kappa shape index (κ3) is 3.51. The van der Waals surface area contributed by atoms with Gasteiger partial charge < -0.3 is 11.1 Å². The number of nitrogen functional groups attached to an aromatic ring is 1. The molecule has 0 aliphatic carbocycles. The van der Waals surface area contributed by atoms with Crippen molar-refractivity contribution in [1.82, 2.24) is 24.3 Å². The molecule has 0 spiro atoms. The molecule has 1 amide bonds. The SMILES string of the molecule is CN1CCC[C@H]1c1nc(-c2ccc(C(=O)Nc3ccccn3)cc2)c2c(N)nccn12. The van der Waals surface area contributed by atoms with Crippen LogP contribution in [0.25, 0.3) is 16.8 Å². The lowest BCUT2D eigenvalue weighted by molar-refractivity contribution is 0.102. The molecule has 156 valence electrons. The van der Waals surface area contributed by atoms with Gasteiger partial charge in [-0.2, -0.15) is 0 Å². The first kappa shape index (κ1) is 19.2. The average Bonchev–Trinajstić information content (AvgIpc) is 3.38. The van der Waals surface area contributed by atoms with Gasteiger partial charge in [-0.1, -0.05) is 18.2 Å². The van der Waals surface area contributed by atoms with E-state index >= 15 is 0 Å². The van der Waals surface area contributed by atoms with Gasteiger partial charge in [-0.3, -0.25) is 14.1 Å². The Morgan fingerprint density at radius 3 is 2.68 bits per heavy atom. The van der Waals surface area contributed by atoms with Crippen LogP contribution in [0.2, 0.25) is 0 Å². The zero-order valence-electron chi connectivity index (χ0n) is 17.2. The number of pyridine rings is 1. The highest BCUT2D eigenvalue weighted by Crippen LogP contribution is 2.35. The van der Waals surface area contributed by atoms with Crippen molar-refractivity contribution in [2.75, 3.05) is 24.6 Å². The normalized spacial score (nSPS) is 16.6. The van der Waals surface area contributed by atoms with E-state index < -0.39 is 0 Å². The van der Waals surface area contributed by atoms with Crippen molar-refractivity contribution >= 4 is 23.1 Å². The van der Waals surface area contributed by atoms with Crippen LogP contribution in [0, 0.1) is 0 Å². The van der Waals surface area contributed by atoms with Crippen LogP contribution < -0.4 is 11.1 Å². The van der Waals surface area contributed by atoms with Crippen molar-refractivity contribution in [2.24, 2.45) is 0 Å². The van der Waals surface area contributed by atoms with E-state index in [2.05, 4.69) is 27.2 Å². The fourth-order valence-corrected chi connectivity index (χ4v) is 4.16. The number of benzene rings is 1. The van der Waals surface area contributed by atoms with E-state index in [1.165, 1.54) is 0 Å². The molecule has 0 saturated carbocycles. The van der Waals surface area contributed by atoms with Crippen LogP contribution in [0.1, 0.15) is 35.1 Å². The molecule has 3 N–H and O–H groups in total. The van der Waals surface area contributed by atoms with Crippen LogP contribution in [-0.4, -0.2) is 43.8 Å². The van der Waals surface area contributed by atoms with Gasteiger partial charge in [-0.25, -0.2) is 15.0 Å². The van der Waals surface area contributed by atoms with Crippen molar-refractivity contribution in [3.05, 3.63) is 72.4 Å². The zero-order valence-corrected chi connectivity index (χ0v) is 17.2. The van der Waals surface area contributed by atoms with Gasteiger partial charge in [0.2, 0.25) is 0 Å². The molecule has 0 bridgehead atoms. The number of nitrogens with zero attached hydrogens (tertiary/aromatic N) is 5. The maximum atomic E-state index is 12.5. The third-order valence-electron chi connectivity index (χ3n) is 5.76. The minimum absolute atomic E-state index is 0.214. The topological polar surface area (TPSA) is 101 Å². The van der Waals surface area contributed by atoms with Crippen LogP contribution in [-0.2, 0) is 0 Å². The van der Waals surface area contributed by atoms with Gasteiger partial charge in [0.05, 0.1) is 6.04 Å². The molecule has 5 rings (SSSR count). The molecule has 4 heterocycles. The van der Waals surface area contributed by atoms with Crippen molar-refractivity contribution in [3.63, 3.8) is 0 Å².